The molecule has 0 unspecified atom stereocenters. The summed E-state index contributed by atoms with van der Waals surface area (Å²) in [6.07, 6.45) is 1.66. The number of hydrogen-bond acceptors (Lipinski definition) is 1. The third-order valence-electron chi connectivity index (χ3n) is 0.795. The van der Waals surface area contributed by atoms with Gasteiger partial charge < -0.3 is 0 Å². The minimum absolute atomic E-state index is 0.350. The first-order valence-electron chi connectivity index (χ1n) is 2.79. The Morgan fingerprint density at radius 2 is 2.00 bits per heavy atom. The van der Waals surface area contributed by atoms with Gasteiger partial charge in [-0.05, 0) is 19.4 Å². The van der Waals surface area contributed by atoms with Crippen LogP contribution in [-0.4, -0.2) is 5.17 Å². The molecule has 0 spiro atoms. The van der Waals surface area contributed by atoms with E-state index in [2.05, 4.69) is 11.6 Å². The number of rotatable bonds is 2. The molecule has 3 heteroatoms. The van der Waals surface area contributed by atoms with Crippen LogP contribution in [-0.2, 0) is 0 Å². The third-order valence-corrected chi connectivity index (χ3v) is 1.51. The summed E-state index contributed by atoms with van der Waals surface area (Å²) < 4.78 is 0. The first kappa shape index (κ1) is 9.73. The summed E-state index contributed by atoms with van der Waals surface area (Å²) in [5.41, 5.74) is 0.710. The predicted molar refractivity (Wildman–Crippen MR) is 47.7 cm³/mol. The molecule has 0 bridgehead atoms. The van der Waals surface area contributed by atoms with Gasteiger partial charge in [0.1, 0.15) is 10.3 Å². The van der Waals surface area contributed by atoms with Crippen LogP contribution in [0.15, 0.2) is 28.4 Å². The molecule has 0 aliphatic rings. The van der Waals surface area contributed by atoms with Crippen LogP contribution in [0, 0.1) is 0 Å². The highest BCUT2D eigenvalue weighted by atomic mass is 35.5. The first-order valence-corrected chi connectivity index (χ1v) is 3.55. The Morgan fingerprint density at radius 3 is 2.30 bits per heavy atom. The maximum Gasteiger partial charge on any atom is 0.133 e. The highest BCUT2D eigenvalue weighted by Crippen LogP contribution is 2.07. The van der Waals surface area contributed by atoms with E-state index < -0.39 is 0 Å². The van der Waals surface area contributed by atoms with Gasteiger partial charge in [-0.25, -0.2) is 4.99 Å². The van der Waals surface area contributed by atoms with Crippen molar-refractivity contribution in [3.05, 3.63) is 23.4 Å². The topological polar surface area (TPSA) is 12.4 Å². The molecule has 0 aromatic carbocycles. The molecule has 0 heterocycles. The maximum atomic E-state index is 5.61. The zero-order valence-electron chi connectivity index (χ0n) is 5.99. The van der Waals surface area contributed by atoms with Gasteiger partial charge >= 0.3 is 0 Å². The van der Waals surface area contributed by atoms with Crippen molar-refractivity contribution in [2.24, 2.45) is 4.99 Å². The average Bonchev–Trinajstić information content (AvgIpc) is 1.87. The van der Waals surface area contributed by atoms with Crippen molar-refractivity contribution in [2.45, 2.75) is 13.8 Å². The van der Waals surface area contributed by atoms with Crippen LogP contribution in [0.25, 0.3) is 0 Å². The summed E-state index contributed by atoms with van der Waals surface area (Å²) in [4.78, 5) is 3.80. The Morgan fingerprint density at radius 1 is 1.50 bits per heavy atom. The molecule has 0 aromatic heterocycles. The second-order valence-electron chi connectivity index (χ2n) is 1.79. The lowest BCUT2D eigenvalue weighted by Gasteiger charge is -1.92. The highest BCUT2D eigenvalue weighted by Gasteiger charge is 1.93. The summed E-state index contributed by atoms with van der Waals surface area (Å²) >= 11 is 11.2. The minimum atomic E-state index is 0.350. The molecule has 0 aliphatic heterocycles. The van der Waals surface area contributed by atoms with Gasteiger partial charge in [0.25, 0.3) is 0 Å². The van der Waals surface area contributed by atoms with Crippen LogP contribution in [0.1, 0.15) is 13.8 Å². The van der Waals surface area contributed by atoms with E-state index in [-0.39, 0.29) is 0 Å². The standard InChI is InChI=1S/C7H9Cl2N/c1-4-6(8)10-7(9)5(2)3/h4H,2H2,1,3H3/b6-4-,10-7+. The van der Waals surface area contributed by atoms with E-state index in [1.807, 2.05) is 0 Å². The van der Waals surface area contributed by atoms with Gasteiger partial charge in [0.05, 0.1) is 0 Å². The Hall–Kier alpha value is -0.270. The largest absolute Gasteiger partial charge is 0.225 e. The molecule has 56 valence electrons. The molecule has 0 aliphatic carbocycles. The normalized spacial score (nSPS) is 13.6. The second kappa shape index (κ2) is 4.53. The lowest BCUT2D eigenvalue weighted by atomic mass is 10.4. The summed E-state index contributed by atoms with van der Waals surface area (Å²) in [7, 11) is 0. The van der Waals surface area contributed by atoms with Crippen LogP contribution in [0.2, 0.25) is 0 Å². The van der Waals surface area contributed by atoms with Gasteiger partial charge in [-0.1, -0.05) is 35.9 Å². The van der Waals surface area contributed by atoms with E-state index in [0.29, 0.717) is 15.9 Å². The minimum Gasteiger partial charge on any atom is -0.225 e. The van der Waals surface area contributed by atoms with Crippen LogP contribution in [0.4, 0.5) is 0 Å². The summed E-state index contributed by atoms with van der Waals surface area (Å²) in [6.45, 7) is 7.15. The Kier molecular flexibility index (Phi) is 4.41. The average molecular weight is 178 g/mol. The summed E-state index contributed by atoms with van der Waals surface area (Å²) in [5.74, 6) is 0. The number of aliphatic imine (C=N–C) groups is 1. The zero-order valence-corrected chi connectivity index (χ0v) is 7.50. The first-order chi connectivity index (χ1) is 4.57. The van der Waals surface area contributed by atoms with Gasteiger partial charge in [0.15, 0.2) is 0 Å². The Balaban J connectivity index is 4.31. The van der Waals surface area contributed by atoms with Crippen molar-refractivity contribution in [3.63, 3.8) is 0 Å². The Bertz CT molecular complexity index is 192. The fourth-order valence-electron chi connectivity index (χ4n) is 0.254. The van der Waals surface area contributed by atoms with Crippen LogP contribution in [0.3, 0.4) is 0 Å². The Labute approximate surface area is 71.1 Å². The van der Waals surface area contributed by atoms with E-state index in [0.717, 1.165) is 0 Å². The number of halogens is 2. The molecule has 0 rings (SSSR count). The van der Waals surface area contributed by atoms with E-state index in [1.54, 1.807) is 19.9 Å². The molecule has 10 heavy (non-hydrogen) atoms. The molecule has 0 amide bonds. The molecular weight excluding hydrogens is 169 g/mol. The number of nitrogens with zero attached hydrogens (tertiary/aromatic N) is 1. The summed E-state index contributed by atoms with van der Waals surface area (Å²) in [6, 6.07) is 0. The molecular formula is C7H9Cl2N. The van der Waals surface area contributed by atoms with Gasteiger partial charge in [-0.15, -0.1) is 0 Å². The van der Waals surface area contributed by atoms with Crippen LogP contribution < -0.4 is 0 Å². The second-order valence-corrected chi connectivity index (χ2v) is 2.54. The molecule has 0 N–H and O–H groups in total. The fraction of sp³-hybridized carbons (Fsp3) is 0.286. The zero-order chi connectivity index (χ0) is 8.15. The SMILES string of the molecule is C=C(C)/C(Cl)=N\C(Cl)=C/C. The number of allylic oxidation sites excluding steroid dienone is 2. The fourth-order valence-corrected chi connectivity index (χ4v) is 0.473. The number of hydrogen-bond donors (Lipinski definition) is 0. The predicted octanol–water partition coefficient (Wildman–Crippen LogP) is 3.30. The lowest BCUT2D eigenvalue weighted by Crippen LogP contribution is -1.86. The summed E-state index contributed by atoms with van der Waals surface area (Å²) in [5, 5.41) is 0.733. The smallest absolute Gasteiger partial charge is 0.133 e. The van der Waals surface area contributed by atoms with Crippen molar-refractivity contribution >= 4 is 28.4 Å². The molecule has 0 fully saturated rings. The lowest BCUT2D eigenvalue weighted by molar-refractivity contribution is 1.46. The van der Waals surface area contributed by atoms with E-state index in [9.17, 15) is 0 Å². The monoisotopic (exact) mass is 177 g/mol. The third kappa shape index (κ3) is 3.70. The van der Waals surface area contributed by atoms with E-state index >= 15 is 0 Å². The van der Waals surface area contributed by atoms with Crippen molar-refractivity contribution in [1.82, 2.24) is 0 Å². The van der Waals surface area contributed by atoms with Crippen molar-refractivity contribution in [3.8, 4) is 0 Å². The molecule has 0 radical (unpaired) electrons. The van der Waals surface area contributed by atoms with Crippen molar-refractivity contribution < 1.29 is 0 Å². The molecule has 0 saturated heterocycles. The molecule has 0 saturated carbocycles. The highest BCUT2D eigenvalue weighted by molar-refractivity contribution is 6.69. The van der Waals surface area contributed by atoms with E-state index in [1.165, 1.54) is 0 Å². The van der Waals surface area contributed by atoms with Gasteiger partial charge in [-0.3, -0.25) is 0 Å². The van der Waals surface area contributed by atoms with Crippen molar-refractivity contribution in [2.75, 3.05) is 0 Å². The van der Waals surface area contributed by atoms with Gasteiger partial charge in [-0.2, -0.15) is 0 Å². The van der Waals surface area contributed by atoms with Crippen LogP contribution in [0.5, 0.6) is 0 Å². The van der Waals surface area contributed by atoms with Crippen molar-refractivity contribution in [1.29, 1.82) is 0 Å². The molecule has 0 atom stereocenters. The maximum absolute atomic E-state index is 5.61. The van der Waals surface area contributed by atoms with Gasteiger partial charge in [0, 0.05) is 0 Å². The quantitative estimate of drug-likeness (QED) is 0.454. The van der Waals surface area contributed by atoms with Gasteiger partial charge in [0.2, 0.25) is 0 Å². The van der Waals surface area contributed by atoms with Crippen LogP contribution >= 0.6 is 23.2 Å². The van der Waals surface area contributed by atoms with E-state index in [4.69, 9.17) is 23.2 Å². The molecule has 0 aromatic rings. The molecule has 1 nitrogen and oxygen atoms in total.